The van der Waals surface area contributed by atoms with E-state index in [4.69, 9.17) is 4.74 Å². The Kier molecular flexibility index (Phi) is 6.54. The van der Waals surface area contributed by atoms with Crippen molar-refractivity contribution in [1.29, 1.82) is 0 Å². The Morgan fingerprint density at radius 1 is 1.08 bits per heavy atom. The molecule has 0 aromatic heterocycles. The molecule has 138 valence electrons. The van der Waals surface area contributed by atoms with Crippen LogP contribution in [-0.2, 0) is 4.79 Å². The predicted octanol–water partition coefficient (Wildman–Crippen LogP) is 3.40. The van der Waals surface area contributed by atoms with Gasteiger partial charge in [-0.25, -0.2) is 9.18 Å². The molecule has 6 nitrogen and oxygen atoms in total. The average molecular weight is 359 g/mol. The van der Waals surface area contributed by atoms with Crippen LogP contribution < -0.4 is 20.3 Å². The molecule has 0 atom stereocenters. The second-order valence-electron chi connectivity index (χ2n) is 6.00. The second kappa shape index (κ2) is 8.84. The van der Waals surface area contributed by atoms with E-state index < -0.39 is 0 Å². The molecule has 0 saturated heterocycles. The van der Waals surface area contributed by atoms with Crippen LogP contribution >= 0.6 is 0 Å². The number of urea groups is 1. The Morgan fingerprint density at radius 2 is 1.69 bits per heavy atom. The number of nitrogens with zero attached hydrogens (tertiary/aromatic N) is 1. The van der Waals surface area contributed by atoms with Crippen molar-refractivity contribution in [2.24, 2.45) is 0 Å². The number of ether oxygens (including phenoxy) is 1. The van der Waals surface area contributed by atoms with Crippen LogP contribution in [0.3, 0.4) is 0 Å². The quantitative estimate of drug-likeness (QED) is 0.830. The van der Waals surface area contributed by atoms with Gasteiger partial charge in [-0.05, 0) is 62.4 Å². The zero-order valence-electron chi connectivity index (χ0n) is 15.0. The van der Waals surface area contributed by atoms with Crippen molar-refractivity contribution in [1.82, 2.24) is 5.32 Å². The van der Waals surface area contributed by atoms with Gasteiger partial charge in [-0.15, -0.1) is 0 Å². The molecular weight excluding hydrogens is 337 g/mol. The minimum absolute atomic E-state index is 0.0483. The summed E-state index contributed by atoms with van der Waals surface area (Å²) in [4.78, 5) is 25.3. The lowest BCUT2D eigenvalue weighted by Gasteiger charge is -2.20. The van der Waals surface area contributed by atoms with Gasteiger partial charge in [0, 0.05) is 24.5 Å². The summed E-state index contributed by atoms with van der Waals surface area (Å²) in [6.45, 7) is 3.60. The van der Waals surface area contributed by atoms with Gasteiger partial charge in [-0.3, -0.25) is 9.69 Å². The zero-order chi connectivity index (χ0) is 19.1. The Hall–Kier alpha value is -3.09. The number of carbonyl (C=O) groups is 2. The summed E-state index contributed by atoms with van der Waals surface area (Å²) >= 11 is 0. The fraction of sp³-hybridized carbons (Fsp3) is 0.263. The average Bonchev–Trinajstić information content (AvgIpc) is 2.61. The van der Waals surface area contributed by atoms with Crippen LogP contribution in [0.25, 0.3) is 0 Å². The van der Waals surface area contributed by atoms with E-state index >= 15 is 0 Å². The summed E-state index contributed by atoms with van der Waals surface area (Å²) in [6, 6.07) is 12.1. The van der Waals surface area contributed by atoms with Crippen molar-refractivity contribution >= 4 is 23.3 Å². The molecule has 0 radical (unpaired) electrons. The first kappa shape index (κ1) is 19.2. The third-order valence-corrected chi connectivity index (χ3v) is 3.44. The van der Waals surface area contributed by atoms with Crippen molar-refractivity contribution in [3.8, 4) is 5.75 Å². The number of hydrogen-bond donors (Lipinski definition) is 2. The number of carbonyl (C=O) groups excluding carboxylic acids is 2. The van der Waals surface area contributed by atoms with Gasteiger partial charge in [-0.2, -0.15) is 0 Å². The van der Waals surface area contributed by atoms with Crippen LogP contribution in [-0.4, -0.2) is 31.6 Å². The largest absolute Gasteiger partial charge is 0.484 e. The van der Waals surface area contributed by atoms with E-state index in [9.17, 15) is 14.0 Å². The fourth-order valence-electron chi connectivity index (χ4n) is 2.11. The van der Waals surface area contributed by atoms with Gasteiger partial charge in [0.25, 0.3) is 5.91 Å². The van der Waals surface area contributed by atoms with E-state index in [1.165, 1.54) is 29.2 Å². The highest BCUT2D eigenvalue weighted by molar-refractivity contribution is 5.92. The monoisotopic (exact) mass is 359 g/mol. The molecular formula is C19H22FN3O3. The number of hydrogen-bond acceptors (Lipinski definition) is 3. The van der Waals surface area contributed by atoms with Gasteiger partial charge in [-0.1, -0.05) is 0 Å². The van der Waals surface area contributed by atoms with Gasteiger partial charge in [0.15, 0.2) is 6.61 Å². The molecule has 2 aromatic carbocycles. The van der Waals surface area contributed by atoms with Crippen molar-refractivity contribution in [2.75, 3.05) is 23.9 Å². The smallest absolute Gasteiger partial charge is 0.321 e. The molecule has 2 N–H and O–H groups in total. The van der Waals surface area contributed by atoms with E-state index in [1.54, 1.807) is 31.3 Å². The highest BCUT2D eigenvalue weighted by Gasteiger charge is 2.11. The minimum atomic E-state index is -0.369. The highest BCUT2D eigenvalue weighted by atomic mass is 19.1. The Balaban J connectivity index is 1.85. The van der Waals surface area contributed by atoms with Crippen LogP contribution in [0.15, 0.2) is 48.5 Å². The number of rotatable bonds is 6. The number of anilines is 2. The molecule has 2 rings (SSSR count). The van der Waals surface area contributed by atoms with E-state index in [0.717, 1.165) is 0 Å². The first-order valence-corrected chi connectivity index (χ1v) is 8.17. The number of benzene rings is 2. The number of halogens is 1. The molecule has 0 unspecified atom stereocenters. The maximum absolute atomic E-state index is 12.8. The number of nitrogens with one attached hydrogen (secondary N) is 2. The third-order valence-electron chi connectivity index (χ3n) is 3.44. The first-order chi connectivity index (χ1) is 12.3. The van der Waals surface area contributed by atoms with Gasteiger partial charge < -0.3 is 15.4 Å². The lowest BCUT2D eigenvalue weighted by Crippen LogP contribution is -2.40. The van der Waals surface area contributed by atoms with Crippen LogP contribution in [0.5, 0.6) is 5.75 Å². The maximum Gasteiger partial charge on any atom is 0.321 e. The van der Waals surface area contributed by atoms with E-state index in [1.807, 2.05) is 13.8 Å². The van der Waals surface area contributed by atoms with Gasteiger partial charge in [0.05, 0.1) is 0 Å². The Morgan fingerprint density at radius 3 is 2.27 bits per heavy atom. The summed E-state index contributed by atoms with van der Waals surface area (Å²) in [5, 5.41) is 5.41. The fourth-order valence-corrected chi connectivity index (χ4v) is 2.11. The zero-order valence-corrected chi connectivity index (χ0v) is 15.0. The van der Waals surface area contributed by atoms with Gasteiger partial charge in [0.1, 0.15) is 11.6 Å². The first-order valence-electron chi connectivity index (χ1n) is 8.17. The molecule has 7 heteroatoms. The molecule has 3 amide bonds. The third kappa shape index (κ3) is 5.77. The topological polar surface area (TPSA) is 70.7 Å². The van der Waals surface area contributed by atoms with Crippen molar-refractivity contribution in [3.05, 3.63) is 54.3 Å². The number of amides is 3. The normalized spacial score (nSPS) is 10.3. The van der Waals surface area contributed by atoms with E-state index in [0.29, 0.717) is 17.1 Å². The van der Waals surface area contributed by atoms with Crippen LogP contribution in [0.4, 0.5) is 20.6 Å². The highest BCUT2D eigenvalue weighted by Crippen LogP contribution is 2.19. The standard InChI is InChI=1S/C19H22FN3O3/c1-13(2)21-19(25)23(3)16-8-10-17(11-9-16)26-12-18(24)22-15-6-4-14(20)5-7-15/h4-11,13H,12H2,1-3H3,(H,21,25)(H,22,24). The van der Waals surface area contributed by atoms with Gasteiger partial charge >= 0.3 is 6.03 Å². The lowest BCUT2D eigenvalue weighted by molar-refractivity contribution is -0.118. The lowest BCUT2D eigenvalue weighted by atomic mass is 10.3. The summed E-state index contributed by atoms with van der Waals surface area (Å²) in [6.07, 6.45) is 0. The summed E-state index contributed by atoms with van der Waals surface area (Å²) in [5.74, 6) is -0.221. The van der Waals surface area contributed by atoms with Crippen LogP contribution in [0.2, 0.25) is 0 Å². The van der Waals surface area contributed by atoms with Crippen molar-refractivity contribution in [3.63, 3.8) is 0 Å². The summed E-state index contributed by atoms with van der Waals surface area (Å²) < 4.78 is 18.2. The minimum Gasteiger partial charge on any atom is -0.484 e. The molecule has 0 aliphatic heterocycles. The van der Waals surface area contributed by atoms with Crippen molar-refractivity contribution in [2.45, 2.75) is 19.9 Å². The molecule has 0 bridgehead atoms. The Bertz CT molecular complexity index is 746. The van der Waals surface area contributed by atoms with E-state index in [2.05, 4.69) is 10.6 Å². The maximum atomic E-state index is 12.8. The molecule has 0 aliphatic carbocycles. The molecule has 0 aliphatic rings. The van der Waals surface area contributed by atoms with Crippen LogP contribution in [0, 0.1) is 5.82 Å². The SMILES string of the molecule is CC(C)NC(=O)N(C)c1ccc(OCC(=O)Nc2ccc(F)cc2)cc1. The molecule has 0 spiro atoms. The molecule has 0 fully saturated rings. The predicted molar refractivity (Wildman–Crippen MR) is 99.0 cm³/mol. The van der Waals surface area contributed by atoms with E-state index in [-0.39, 0.29) is 30.4 Å². The molecule has 0 saturated carbocycles. The summed E-state index contributed by atoms with van der Waals surface area (Å²) in [7, 11) is 1.67. The Labute approximate surface area is 152 Å². The molecule has 26 heavy (non-hydrogen) atoms. The summed E-state index contributed by atoms with van der Waals surface area (Å²) in [5.41, 5.74) is 1.19. The van der Waals surface area contributed by atoms with Crippen molar-refractivity contribution < 1.29 is 18.7 Å². The molecule has 2 aromatic rings. The molecule has 0 heterocycles. The second-order valence-corrected chi connectivity index (χ2v) is 6.00. The van der Waals surface area contributed by atoms with Gasteiger partial charge in [0.2, 0.25) is 0 Å². The van der Waals surface area contributed by atoms with Crippen LogP contribution in [0.1, 0.15) is 13.8 Å².